The van der Waals surface area contributed by atoms with E-state index in [1.54, 1.807) is 0 Å². The first-order chi connectivity index (χ1) is 7.66. The summed E-state index contributed by atoms with van der Waals surface area (Å²) in [5, 5.41) is 0. The van der Waals surface area contributed by atoms with E-state index in [2.05, 4.69) is 28.9 Å². The van der Waals surface area contributed by atoms with Crippen molar-refractivity contribution in [1.82, 2.24) is 0 Å². The van der Waals surface area contributed by atoms with Gasteiger partial charge in [-0.1, -0.05) is 41.1 Å². The van der Waals surface area contributed by atoms with E-state index in [9.17, 15) is 4.79 Å². The largest absolute Gasteiger partial charge is 0.299 e. The first kappa shape index (κ1) is 11.8. The van der Waals surface area contributed by atoms with Crippen LogP contribution in [0.2, 0.25) is 0 Å². The van der Waals surface area contributed by atoms with E-state index in [-0.39, 0.29) is 5.92 Å². The van der Waals surface area contributed by atoms with Crippen LogP contribution in [0.3, 0.4) is 0 Å². The fourth-order valence-electron chi connectivity index (χ4n) is 2.45. The van der Waals surface area contributed by atoms with E-state index in [1.807, 2.05) is 18.2 Å². The quantitative estimate of drug-likeness (QED) is 0.801. The number of hydrogen-bond acceptors (Lipinski definition) is 1. The van der Waals surface area contributed by atoms with Crippen molar-refractivity contribution in [2.45, 2.75) is 32.6 Å². The molecule has 1 saturated carbocycles. The van der Waals surface area contributed by atoms with E-state index in [0.717, 1.165) is 30.2 Å². The topological polar surface area (TPSA) is 17.1 Å². The molecule has 2 atom stereocenters. The summed E-state index contributed by atoms with van der Waals surface area (Å²) in [5.74, 6) is 1.39. The third kappa shape index (κ3) is 2.73. The lowest BCUT2D eigenvalue weighted by Gasteiger charge is -2.25. The fourth-order valence-corrected chi connectivity index (χ4v) is 2.90. The van der Waals surface area contributed by atoms with Crippen LogP contribution in [0.1, 0.15) is 31.7 Å². The summed E-state index contributed by atoms with van der Waals surface area (Å²) in [5.41, 5.74) is 1.26. The van der Waals surface area contributed by atoms with Crippen molar-refractivity contribution in [2.75, 3.05) is 0 Å². The van der Waals surface area contributed by atoms with Crippen LogP contribution in [0.25, 0.3) is 0 Å². The summed E-state index contributed by atoms with van der Waals surface area (Å²) in [6, 6.07) is 8.21. The Morgan fingerprint density at radius 2 is 2.12 bits per heavy atom. The van der Waals surface area contributed by atoms with E-state index >= 15 is 0 Å². The molecule has 0 aliphatic heterocycles. The SMILES string of the molecule is C[C@@H]1CCC(=O)[C@H](Cc2ccccc2Br)C1. The Hall–Kier alpha value is -0.630. The zero-order valence-corrected chi connectivity index (χ0v) is 11.2. The van der Waals surface area contributed by atoms with Gasteiger partial charge >= 0.3 is 0 Å². The number of rotatable bonds is 2. The van der Waals surface area contributed by atoms with Gasteiger partial charge in [0, 0.05) is 16.8 Å². The van der Waals surface area contributed by atoms with Crippen molar-refractivity contribution >= 4 is 21.7 Å². The number of carbonyl (C=O) groups is 1. The van der Waals surface area contributed by atoms with Crippen LogP contribution in [0, 0.1) is 11.8 Å². The predicted molar refractivity (Wildman–Crippen MR) is 69.4 cm³/mol. The van der Waals surface area contributed by atoms with E-state index in [4.69, 9.17) is 0 Å². The zero-order chi connectivity index (χ0) is 11.5. The summed E-state index contributed by atoms with van der Waals surface area (Å²) >= 11 is 3.55. The summed E-state index contributed by atoms with van der Waals surface area (Å²) in [7, 11) is 0. The van der Waals surface area contributed by atoms with Gasteiger partial charge in [0.25, 0.3) is 0 Å². The molecule has 1 aromatic carbocycles. The maximum absolute atomic E-state index is 11.8. The average molecular weight is 281 g/mol. The lowest BCUT2D eigenvalue weighted by molar-refractivity contribution is -0.125. The summed E-state index contributed by atoms with van der Waals surface area (Å²) in [6.45, 7) is 2.25. The van der Waals surface area contributed by atoms with Crippen LogP contribution < -0.4 is 0 Å². The molecule has 0 saturated heterocycles. The van der Waals surface area contributed by atoms with Crippen molar-refractivity contribution in [3.63, 3.8) is 0 Å². The highest BCUT2D eigenvalue weighted by molar-refractivity contribution is 9.10. The smallest absolute Gasteiger partial charge is 0.136 e. The molecular weight excluding hydrogens is 264 g/mol. The van der Waals surface area contributed by atoms with Crippen molar-refractivity contribution in [3.05, 3.63) is 34.3 Å². The van der Waals surface area contributed by atoms with Crippen LogP contribution in [0.4, 0.5) is 0 Å². The molecule has 0 heterocycles. The minimum absolute atomic E-state index is 0.238. The van der Waals surface area contributed by atoms with Gasteiger partial charge in [0.2, 0.25) is 0 Å². The fraction of sp³-hybridized carbons (Fsp3) is 0.500. The average Bonchev–Trinajstić information content (AvgIpc) is 2.27. The van der Waals surface area contributed by atoms with Gasteiger partial charge in [0.1, 0.15) is 5.78 Å². The van der Waals surface area contributed by atoms with Crippen molar-refractivity contribution < 1.29 is 4.79 Å². The summed E-state index contributed by atoms with van der Waals surface area (Å²) in [6.07, 6.45) is 3.80. The number of benzene rings is 1. The minimum Gasteiger partial charge on any atom is -0.299 e. The number of ketones is 1. The van der Waals surface area contributed by atoms with Gasteiger partial charge in [0.15, 0.2) is 0 Å². The molecule has 1 aliphatic carbocycles. The maximum atomic E-state index is 11.8. The van der Waals surface area contributed by atoms with Crippen LogP contribution >= 0.6 is 15.9 Å². The predicted octanol–water partition coefficient (Wildman–Crippen LogP) is 4.00. The highest BCUT2D eigenvalue weighted by Crippen LogP contribution is 2.30. The van der Waals surface area contributed by atoms with Gasteiger partial charge in [-0.25, -0.2) is 0 Å². The molecule has 0 aromatic heterocycles. The van der Waals surface area contributed by atoms with Crippen LogP contribution in [0.5, 0.6) is 0 Å². The number of halogens is 1. The summed E-state index contributed by atoms with van der Waals surface area (Å²) < 4.78 is 1.13. The van der Waals surface area contributed by atoms with Gasteiger partial charge in [-0.05, 0) is 36.8 Å². The molecule has 1 nitrogen and oxygen atoms in total. The van der Waals surface area contributed by atoms with E-state index in [1.165, 1.54) is 5.56 Å². The third-order valence-corrected chi connectivity index (χ3v) is 4.22. The van der Waals surface area contributed by atoms with Gasteiger partial charge in [-0.15, -0.1) is 0 Å². The molecule has 0 bridgehead atoms. The normalized spacial score (nSPS) is 25.8. The lowest BCUT2D eigenvalue weighted by Crippen LogP contribution is -2.25. The molecule has 0 radical (unpaired) electrons. The molecule has 1 aromatic rings. The van der Waals surface area contributed by atoms with Gasteiger partial charge < -0.3 is 0 Å². The molecule has 86 valence electrons. The molecule has 0 unspecified atom stereocenters. The molecule has 2 heteroatoms. The highest BCUT2D eigenvalue weighted by atomic mass is 79.9. The molecular formula is C14H17BrO. The Balaban J connectivity index is 2.09. The Kier molecular flexibility index (Phi) is 3.80. The van der Waals surface area contributed by atoms with Crippen molar-refractivity contribution in [3.8, 4) is 0 Å². The lowest BCUT2D eigenvalue weighted by atomic mass is 9.78. The second-order valence-electron chi connectivity index (χ2n) is 4.84. The van der Waals surface area contributed by atoms with Crippen LogP contribution in [-0.4, -0.2) is 5.78 Å². The standard InChI is InChI=1S/C14H17BrO/c1-10-6-7-14(16)12(8-10)9-11-4-2-3-5-13(11)15/h2-5,10,12H,6-9H2,1H3/t10-,12+/m1/s1. The molecule has 0 N–H and O–H groups in total. The van der Waals surface area contributed by atoms with E-state index < -0.39 is 0 Å². The zero-order valence-electron chi connectivity index (χ0n) is 9.58. The molecule has 1 aliphatic rings. The third-order valence-electron chi connectivity index (χ3n) is 3.45. The molecule has 2 rings (SSSR count). The highest BCUT2D eigenvalue weighted by Gasteiger charge is 2.26. The molecule has 0 spiro atoms. The van der Waals surface area contributed by atoms with E-state index in [0.29, 0.717) is 11.7 Å². The van der Waals surface area contributed by atoms with Gasteiger partial charge in [-0.3, -0.25) is 4.79 Å². The maximum Gasteiger partial charge on any atom is 0.136 e. The first-order valence-corrected chi connectivity index (χ1v) is 6.72. The number of hydrogen-bond donors (Lipinski definition) is 0. The number of carbonyl (C=O) groups excluding carboxylic acids is 1. The second-order valence-corrected chi connectivity index (χ2v) is 5.69. The van der Waals surface area contributed by atoms with Crippen molar-refractivity contribution in [2.24, 2.45) is 11.8 Å². The Morgan fingerprint density at radius 3 is 2.88 bits per heavy atom. The van der Waals surface area contributed by atoms with Gasteiger partial charge in [-0.2, -0.15) is 0 Å². The number of Topliss-reactive ketones (excluding diaryl/α,β-unsaturated/α-hetero) is 1. The molecule has 0 amide bonds. The second kappa shape index (κ2) is 5.13. The Morgan fingerprint density at radius 1 is 1.38 bits per heavy atom. The van der Waals surface area contributed by atoms with Gasteiger partial charge in [0.05, 0.1) is 0 Å². The minimum atomic E-state index is 0.238. The van der Waals surface area contributed by atoms with Crippen LogP contribution in [0.15, 0.2) is 28.7 Å². The molecule has 16 heavy (non-hydrogen) atoms. The summed E-state index contributed by atoms with van der Waals surface area (Å²) in [4.78, 5) is 11.8. The van der Waals surface area contributed by atoms with Crippen LogP contribution in [-0.2, 0) is 11.2 Å². The first-order valence-electron chi connectivity index (χ1n) is 5.93. The Bertz CT molecular complexity index is 386. The Labute approximate surface area is 105 Å². The molecule has 1 fully saturated rings. The van der Waals surface area contributed by atoms with Crippen molar-refractivity contribution in [1.29, 1.82) is 0 Å². The monoisotopic (exact) mass is 280 g/mol.